The molecule has 0 bridgehead atoms. The molecule has 1 nitrogen and oxygen atoms in total. The van der Waals surface area contributed by atoms with Crippen molar-refractivity contribution in [3.8, 4) is 0 Å². The minimum absolute atomic E-state index is 0.0259. The van der Waals surface area contributed by atoms with E-state index in [1.165, 1.54) is 6.42 Å². The van der Waals surface area contributed by atoms with Crippen molar-refractivity contribution in [1.82, 2.24) is 0 Å². The number of alkyl halides is 2. The molecular weight excluding hydrogens is 222 g/mol. The van der Waals surface area contributed by atoms with Crippen LogP contribution in [0.5, 0.6) is 0 Å². The van der Waals surface area contributed by atoms with Crippen LogP contribution in [0.25, 0.3) is 0 Å². The standard InChI is InChI=1S/C14H24F2O/c1-12(2,3)14(15,16)7-5-4-6-13-8-11(13)9-17-10-13/h11H,4-10H2,1-3H3. The zero-order valence-corrected chi connectivity index (χ0v) is 11.2. The summed E-state index contributed by atoms with van der Waals surface area (Å²) in [5, 5.41) is 0. The van der Waals surface area contributed by atoms with E-state index in [-0.39, 0.29) is 6.42 Å². The molecule has 1 aliphatic heterocycles. The minimum atomic E-state index is -2.54. The van der Waals surface area contributed by atoms with Gasteiger partial charge >= 0.3 is 0 Å². The fourth-order valence-electron chi connectivity index (χ4n) is 2.83. The molecule has 0 amide bonds. The molecule has 2 rings (SSSR count). The Morgan fingerprint density at radius 1 is 1.24 bits per heavy atom. The summed E-state index contributed by atoms with van der Waals surface area (Å²) in [7, 11) is 0. The molecule has 0 spiro atoms. The Morgan fingerprint density at radius 3 is 2.41 bits per heavy atom. The fraction of sp³-hybridized carbons (Fsp3) is 1.00. The van der Waals surface area contributed by atoms with E-state index < -0.39 is 11.3 Å². The Labute approximate surface area is 103 Å². The molecule has 0 aromatic heterocycles. The summed E-state index contributed by atoms with van der Waals surface area (Å²) in [5.41, 5.74) is -0.513. The van der Waals surface area contributed by atoms with E-state index in [4.69, 9.17) is 4.74 Å². The van der Waals surface area contributed by atoms with Crippen LogP contribution in [0, 0.1) is 16.7 Å². The number of unbranched alkanes of at least 4 members (excludes halogenated alkanes) is 1. The summed E-state index contributed by atoms with van der Waals surface area (Å²) in [6.07, 6.45) is 3.93. The highest BCUT2D eigenvalue weighted by atomic mass is 19.3. The molecule has 1 heterocycles. The van der Waals surface area contributed by atoms with Gasteiger partial charge in [-0.05, 0) is 30.6 Å². The topological polar surface area (TPSA) is 9.23 Å². The number of hydrogen-bond donors (Lipinski definition) is 0. The first-order chi connectivity index (χ1) is 7.77. The maximum absolute atomic E-state index is 13.7. The van der Waals surface area contributed by atoms with Gasteiger partial charge in [0.15, 0.2) is 0 Å². The number of rotatable bonds is 5. The summed E-state index contributed by atoms with van der Waals surface area (Å²) in [6, 6.07) is 0. The van der Waals surface area contributed by atoms with Gasteiger partial charge in [0.05, 0.1) is 13.2 Å². The van der Waals surface area contributed by atoms with Crippen LogP contribution in [-0.4, -0.2) is 19.1 Å². The molecule has 2 aliphatic rings. The van der Waals surface area contributed by atoms with Gasteiger partial charge < -0.3 is 4.74 Å². The molecule has 0 radical (unpaired) electrons. The zero-order valence-electron chi connectivity index (χ0n) is 11.2. The highest BCUT2D eigenvalue weighted by Gasteiger charge is 2.57. The number of halogens is 2. The van der Waals surface area contributed by atoms with Crippen molar-refractivity contribution in [3.63, 3.8) is 0 Å². The maximum atomic E-state index is 13.7. The van der Waals surface area contributed by atoms with E-state index in [0.717, 1.165) is 32.0 Å². The Bertz CT molecular complexity index is 282. The molecule has 1 saturated carbocycles. The lowest BCUT2D eigenvalue weighted by molar-refractivity contribution is -0.104. The summed E-state index contributed by atoms with van der Waals surface area (Å²) in [4.78, 5) is 0. The third-order valence-electron chi connectivity index (χ3n) is 4.58. The third-order valence-corrected chi connectivity index (χ3v) is 4.58. The number of fused-ring (bicyclic) bond motifs is 1. The SMILES string of the molecule is CC(C)(C)C(F)(F)CCCCC12COCC1C2. The molecule has 100 valence electrons. The van der Waals surface area contributed by atoms with Crippen LogP contribution in [0.1, 0.15) is 52.9 Å². The van der Waals surface area contributed by atoms with Gasteiger partial charge in [0.2, 0.25) is 0 Å². The fourth-order valence-corrected chi connectivity index (χ4v) is 2.83. The summed E-state index contributed by atoms with van der Waals surface area (Å²) < 4.78 is 32.8. The highest BCUT2D eigenvalue weighted by molar-refractivity contribution is 5.05. The van der Waals surface area contributed by atoms with Gasteiger partial charge in [0.1, 0.15) is 0 Å². The van der Waals surface area contributed by atoms with Crippen LogP contribution < -0.4 is 0 Å². The predicted octanol–water partition coefficient (Wildman–Crippen LogP) is 4.26. The van der Waals surface area contributed by atoms with Crippen molar-refractivity contribution in [2.24, 2.45) is 16.7 Å². The summed E-state index contributed by atoms with van der Waals surface area (Å²) in [6.45, 7) is 6.62. The Morgan fingerprint density at radius 2 is 1.94 bits per heavy atom. The van der Waals surface area contributed by atoms with Crippen LogP contribution in [0.2, 0.25) is 0 Å². The lowest BCUT2D eigenvalue weighted by atomic mass is 9.84. The molecule has 0 aromatic carbocycles. The van der Waals surface area contributed by atoms with Crippen molar-refractivity contribution < 1.29 is 13.5 Å². The van der Waals surface area contributed by atoms with Crippen LogP contribution >= 0.6 is 0 Å². The van der Waals surface area contributed by atoms with Crippen LogP contribution in [0.15, 0.2) is 0 Å². The first-order valence-corrected chi connectivity index (χ1v) is 6.72. The average Bonchev–Trinajstić information content (AvgIpc) is 2.74. The predicted molar refractivity (Wildman–Crippen MR) is 64.2 cm³/mol. The van der Waals surface area contributed by atoms with Crippen LogP contribution in [-0.2, 0) is 4.74 Å². The van der Waals surface area contributed by atoms with E-state index in [9.17, 15) is 8.78 Å². The summed E-state index contributed by atoms with van der Waals surface area (Å²) >= 11 is 0. The van der Waals surface area contributed by atoms with Crippen molar-refractivity contribution >= 4 is 0 Å². The highest BCUT2D eigenvalue weighted by Crippen LogP contribution is 2.60. The van der Waals surface area contributed by atoms with Gasteiger partial charge in [0, 0.05) is 11.8 Å². The second-order valence-corrected chi connectivity index (χ2v) is 6.94. The molecule has 2 atom stereocenters. The first-order valence-electron chi connectivity index (χ1n) is 6.72. The van der Waals surface area contributed by atoms with E-state index in [1.54, 1.807) is 20.8 Å². The second-order valence-electron chi connectivity index (χ2n) is 6.94. The smallest absolute Gasteiger partial charge is 0.252 e. The summed E-state index contributed by atoms with van der Waals surface area (Å²) in [5.74, 6) is -1.80. The number of hydrogen-bond acceptors (Lipinski definition) is 1. The molecule has 2 fully saturated rings. The molecule has 17 heavy (non-hydrogen) atoms. The van der Waals surface area contributed by atoms with Gasteiger partial charge in [-0.15, -0.1) is 0 Å². The van der Waals surface area contributed by atoms with Crippen molar-refractivity contribution in [2.75, 3.05) is 13.2 Å². The quantitative estimate of drug-likeness (QED) is 0.658. The Balaban J connectivity index is 1.67. The average molecular weight is 246 g/mol. The zero-order chi connectivity index (χ0) is 12.7. The molecule has 1 aliphatic carbocycles. The second kappa shape index (κ2) is 4.18. The normalized spacial score (nSPS) is 32.6. The van der Waals surface area contributed by atoms with Crippen LogP contribution in [0.4, 0.5) is 8.78 Å². The molecular formula is C14H24F2O. The Hall–Kier alpha value is -0.180. The minimum Gasteiger partial charge on any atom is -0.381 e. The molecule has 2 unspecified atom stereocenters. The maximum Gasteiger partial charge on any atom is 0.252 e. The van der Waals surface area contributed by atoms with Crippen molar-refractivity contribution in [1.29, 1.82) is 0 Å². The molecule has 0 aromatic rings. The van der Waals surface area contributed by atoms with Gasteiger partial charge in [-0.25, -0.2) is 8.78 Å². The lowest BCUT2D eigenvalue weighted by Crippen LogP contribution is -2.33. The van der Waals surface area contributed by atoms with Gasteiger partial charge in [-0.3, -0.25) is 0 Å². The molecule has 1 saturated heterocycles. The van der Waals surface area contributed by atoms with Gasteiger partial charge in [0.25, 0.3) is 5.92 Å². The van der Waals surface area contributed by atoms with Crippen molar-refractivity contribution in [3.05, 3.63) is 0 Å². The first kappa shape index (κ1) is 13.3. The van der Waals surface area contributed by atoms with Gasteiger partial charge in [-0.1, -0.05) is 27.2 Å². The monoisotopic (exact) mass is 246 g/mol. The molecule has 0 N–H and O–H groups in total. The van der Waals surface area contributed by atoms with Crippen molar-refractivity contribution in [2.45, 2.75) is 58.8 Å². The third kappa shape index (κ3) is 2.64. The number of ether oxygens (including phenoxy) is 1. The molecule has 3 heteroatoms. The van der Waals surface area contributed by atoms with Crippen LogP contribution in [0.3, 0.4) is 0 Å². The Kier molecular flexibility index (Phi) is 3.26. The van der Waals surface area contributed by atoms with E-state index in [0.29, 0.717) is 11.8 Å². The lowest BCUT2D eigenvalue weighted by Gasteiger charge is -2.30. The van der Waals surface area contributed by atoms with E-state index >= 15 is 0 Å². The van der Waals surface area contributed by atoms with E-state index in [1.807, 2.05) is 0 Å². The van der Waals surface area contributed by atoms with Gasteiger partial charge in [-0.2, -0.15) is 0 Å². The largest absolute Gasteiger partial charge is 0.381 e. The van der Waals surface area contributed by atoms with E-state index in [2.05, 4.69) is 0 Å².